The molecule has 0 spiro atoms. The predicted molar refractivity (Wildman–Crippen MR) is 165 cm³/mol. The molecule has 220 valence electrons. The van der Waals surface area contributed by atoms with E-state index in [-0.39, 0.29) is 46.5 Å². The highest BCUT2D eigenvalue weighted by atomic mass is 35.5. The van der Waals surface area contributed by atoms with Crippen LogP contribution >= 0.6 is 23.4 Å². The van der Waals surface area contributed by atoms with Gasteiger partial charge in [0.25, 0.3) is 0 Å². The van der Waals surface area contributed by atoms with Crippen LogP contribution in [0.3, 0.4) is 0 Å². The minimum Gasteiger partial charge on any atom is -0.465 e. The Hall–Kier alpha value is -3.70. The summed E-state index contributed by atoms with van der Waals surface area (Å²) in [7, 11) is 0. The van der Waals surface area contributed by atoms with Gasteiger partial charge in [0.1, 0.15) is 11.6 Å². The third-order valence-corrected chi connectivity index (χ3v) is 8.73. The normalized spacial score (nSPS) is 17.4. The second-order valence-electron chi connectivity index (χ2n) is 10.9. The average molecular weight is 611 g/mol. The van der Waals surface area contributed by atoms with Gasteiger partial charge in [-0.2, -0.15) is 4.98 Å². The van der Waals surface area contributed by atoms with Gasteiger partial charge in [-0.15, -0.1) is 11.8 Å². The molecule has 3 aromatic heterocycles. The summed E-state index contributed by atoms with van der Waals surface area (Å²) < 4.78 is 16.8. The fourth-order valence-corrected chi connectivity index (χ4v) is 6.44. The summed E-state index contributed by atoms with van der Waals surface area (Å²) in [4.78, 5) is 43.9. The molecule has 9 nitrogen and oxygen atoms in total. The second kappa shape index (κ2) is 11.5. The van der Waals surface area contributed by atoms with Crippen LogP contribution in [0.2, 0.25) is 5.02 Å². The van der Waals surface area contributed by atoms with Crippen molar-refractivity contribution in [3.05, 3.63) is 69.1 Å². The number of thioether (sulfide) groups is 1. The number of aromatic nitrogens is 4. The molecule has 1 N–H and O–H groups in total. The topological polar surface area (TPSA) is 104 Å². The van der Waals surface area contributed by atoms with Crippen molar-refractivity contribution >= 4 is 46.3 Å². The zero-order valence-corrected chi connectivity index (χ0v) is 25.8. The van der Waals surface area contributed by atoms with Gasteiger partial charge in [0.15, 0.2) is 5.65 Å². The van der Waals surface area contributed by atoms with E-state index in [0.717, 1.165) is 5.56 Å². The van der Waals surface area contributed by atoms with Crippen molar-refractivity contribution < 1.29 is 14.3 Å². The Kier molecular flexibility index (Phi) is 8.17. The third kappa shape index (κ3) is 5.09. The Morgan fingerprint density at radius 1 is 1.17 bits per heavy atom. The lowest BCUT2D eigenvalue weighted by molar-refractivity contribution is 0.114. The Labute approximate surface area is 252 Å². The number of piperazine rings is 1. The summed E-state index contributed by atoms with van der Waals surface area (Å²) in [6.07, 6.45) is 2.55. The number of carboxylic acid groups (broad SMARTS) is 1. The predicted octanol–water partition coefficient (Wildman–Crippen LogP) is 6.37. The highest BCUT2D eigenvalue weighted by Gasteiger charge is 2.35. The summed E-state index contributed by atoms with van der Waals surface area (Å²) in [5.41, 5.74) is 2.21. The first-order chi connectivity index (χ1) is 19.9. The number of hydrogen-bond acceptors (Lipinski definition) is 7. The molecule has 1 fully saturated rings. The molecule has 0 saturated carbocycles. The number of aryl methyl sites for hydroxylation is 1. The Morgan fingerprint density at radius 2 is 1.90 bits per heavy atom. The van der Waals surface area contributed by atoms with Crippen LogP contribution in [-0.4, -0.2) is 67.0 Å². The Morgan fingerprint density at radius 3 is 2.57 bits per heavy atom. The fourth-order valence-electron chi connectivity index (χ4n) is 5.58. The number of benzene rings is 1. The molecule has 0 bridgehead atoms. The van der Waals surface area contributed by atoms with E-state index in [9.17, 15) is 14.7 Å². The first-order valence-corrected chi connectivity index (χ1v) is 15.2. The summed E-state index contributed by atoms with van der Waals surface area (Å²) >= 11 is 8.23. The minimum absolute atomic E-state index is 0.0204. The summed E-state index contributed by atoms with van der Waals surface area (Å²) in [5, 5.41) is 10.4. The minimum atomic E-state index is -1.00. The number of amides is 1. The van der Waals surface area contributed by atoms with Gasteiger partial charge in [-0.05, 0) is 62.8 Å². The van der Waals surface area contributed by atoms with Gasteiger partial charge in [-0.3, -0.25) is 4.98 Å². The molecule has 4 aromatic rings. The van der Waals surface area contributed by atoms with Crippen LogP contribution < -0.4 is 10.6 Å². The molecule has 1 aromatic carbocycles. The number of hydrogen-bond donors (Lipinski definition) is 1. The molecule has 2 atom stereocenters. The van der Waals surface area contributed by atoms with E-state index in [1.54, 1.807) is 24.4 Å². The third-order valence-electron chi connectivity index (χ3n) is 7.66. The van der Waals surface area contributed by atoms with Crippen molar-refractivity contribution in [2.75, 3.05) is 24.2 Å². The molecular formula is C30H32ClFN6O3S. The van der Waals surface area contributed by atoms with Crippen LogP contribution in [0.4, 0.5) is 15.0 Å². The van der Waals surface area contributed by atoms with Gasteiger partial charge in [0, 0.05) is 36.3 Å². The van der Waals surface area contributed by atoms with Crippen molar-refractivity contribution in [1.82, 2.24) is 24.4 Å². The van der Waals surface area contributed by atoms with E-state index < -0.39 is 17.6 Å². The SMILES string of the molecule is CSc1cccc(F)c1-c1nc2c(cc1Cl)c(N1C[C@@H](C)N(C(=O)O)C[C@@H]1C)nc(=O)n2-c1c(C)ccnc1C(C)C. The van der Waals surface area contributed by atoms with Gasteiger partial charge >= 0.3 is 11.8 Å². The quantitative estimate of drug-likeness (QED) is 0.260. The average Bonchev–Trinajstić information content (AvgIpc) is 2.94. The van der Waals surface area contributed by atoms with Crippen molar-refractivity contribution in [3.8, 4) is 16.9 Å². The molecule has 1 amide bonds. The van der Waals surface area contributed by atoms with E-state index in [1.165, 1.54) is 27.3 Å². The van der Waals surface area contributed by atoms with Crippen LogP contribution in [-0.2, 0) is 0 Å². The largest absolute Gasteiger partial charge is 0.465 e. The molecule has 4 heterocycles. The van der Waals surface area contributed by atoms with Crippen LogP contribution in [0.5, 0.6) is 0 Å². The Bertz CT molecular complexity index is 1760. The maximum Gasteiger partial charge on any atom is 0.407 e. The number of nitrogens with zero attached hydrogens (tertiary/aromatic N) is 6. The molecule has 1 aliphatic heterocycles. The number of anilines is 1. The first kappa shape index (κ1) is 29.8. The van der Waals surface area contributed by atoms with Crippen LogP contribution in [0.25, 0.3) is 28.0 Å². The maximum absolute atomic E-state index is 15.3. The van der Waals surface area contributed by atoms with E-state index in [0.29, 0.717) is 34.0 Å². The van der Waals surface area contributed by atoms with Gasteiger partial charge in [0.05, 0.1) is 33.0 Å². The van der Waals surface area contributed by atoms with Gasteiger partial charge in [-0.25, -0.2) is 23.5 Å². The molecule has 1 saturated heterocycles. The number of halogens is 2. The van der Waals surface area contributed by atoms with Crippen LogP contribution in [0.15, 0.2) is 46.2 Å². The molecule has 0 unspecified atom stereocenters. The number of fused-ring (bicyclic) bond motifs is 1. The zero-order valence-electron chi connectivity index (χ0n) is 24.2. The first-order valence-electron chi connectivity index (χ1n) is 13.6. The van der Waals surface area contributed by atoms with Gasteiger partial charge in [-0.1, -0.05) is 31.5 Å². The fraction of sp³-hybridized carbons (Fsp3) is 0.367. The van der Waals surface area contributed by atoms with Crippen molar-refractivity contribution in [3.63, 3.8) is 0 Å². The lowest BCUT2D eigenvalue weighted by Crippen LogP contribution is -2.58. The monoisotopic (exact) mass is 610 g/mol. The lowest BCUT2D eigenvalue weighted by atomic mass is 10.0. The maximum atomic E-state index is 15.3. The smallest absolute Gasteiger partial charge is 0.407 e. The second-order valence-corrected chi connectivity index (χ2v) is 12.1. The molecule has 42 heavy (non-hydrogen) atoms. The van der Waals surface area contributed by atoms with Gasteiger partial charge in [0.2, 0.25) is 0 Å². The highest BCUT2D eigenvalue weighted by molar-refractivity contribution is 7.98. The van der Waals surface area contributed by atoms with Crippen LogP contribution in [0, 0.1) is 12.7 Å². The summed E-state index contributed by atoms with van der Waals surface area (Å²) in [6, 6.07) is 7.64. The highest BCUT2D eigenvalue weighted by Crippen LogP contribution is 2.39. The molecule has 12 heteroatoms. The van der Waals surface area contributed by atoms with E-state index in [4.69, 9.17) is 16.6 Å². The van der Waals surface area contributed by atoms with E-state index in [1.807, 2.05) is 51.8 Å². The van der Waals surface area contributed by atoms with Crippen molar-refractivity contribution in [2.24, 2.45) is 0 Å². The number of carbonyl (C=O) groups is 1. The molecule has 0 radical (unpaired) electrons. The van der Waals surface area contributed by atoms with Crippen LogP contribution in [0.1, 0.15) is 44.9 Å². The standard InChI is InChI=1S/C30H32ClFN6O3S/c1-15(2)24-26(16(3)10-11-33-24)38-28-19(12-20(31)25(34-28)23-21(32)8-7-9-22(23)42-6)27(35-29(38)39)36-13-18(5)37(30(40)41)14-17(36)4/h7-12,15,17-18H,13-14H2,1-6H3,(H,40,41)/t17-,18+/m0/s1. The molecule has 0 aliphatic carbocycles. The zero-order chi connectivity index (χ0) is 30.5. The van der Waals surface area contributed by atoms with Crippen molar-refractivity contribution in [1.29, 1.82) is 0 Å². The summed E-state index contributed by atoms with van der Waals surface area (Å²) in [6.45, 7) is 10.1. The molecular weight excluding hydrogens is 579 g/mol. The van der Waals surface area contributed by atoms with Gasteiger partial charge < -0.3 is 14.9 Å². The van der Waals surface area contributed by atoms with E-state index >= 15 is 4.39 Å². The molecule has 1 aliphatic rings. The lowest BCUT2D eigenvalue weighted by Gasteiger charge is -2.43. The number of pyridine rings is 2. The number of rotatable bonds is 5. The Balaban J connectivity index is 1.87. The summed E-state index contributed by atoms with van der Waals surface area (Å²) in [5.74, 6) is -0.151. The van der Waals surface area contributed by atoms with Crippen molar-refractivity contribution in [2.45, 2.75) is 57.5 Å². The van der Waals surface area contributed by atoms with E-state index in [2.05, 4.69) is 9.97 Å². The molecule has 5 rings (SSSR count).